The maximum atomic E-state index is 13.2. The number of halogens is 2. The van der Waals surface area contributed by atoms with E-state index in [4.69, 9.17) is 16.3 Å². The van der Waals surface area contributed by atoms with Crippen molar-refractivity contribution >= 4 is 23.4 Å². The summed E-state index contributed by atoms with van der Waals surface area (Å²) in [6.45, 7) is 7.26. The molecule has 0 unspecified atom stereocenters. The Morgan fingerprint density at radius 3 is 2.63 bits per heavy atom. The average molecular weight is 406 g/mol. The van der Waals surface area contributed by atoms with E-state index >= 15 is 0 Å². The minimum atomic E-state index is -0.337. The summed E-state index contributed by atoms with van der Waals surface area (Å²) in [5.41, 5.74) is 3.29. The average Bonchev–Trinajstić information content (AvgIpc) is 3.04. The number of hydrogen-bond acceptors (Lipinski definition) is 4. The van der Waals surface area contributed by atoms with E-state index in [1.807, 2.05) is 29.7 Å². The smallest absolute Gasteiger partial charge is 0.191 e. The molecule has 0 spiro atoms. The SMILES string of the molecule is CCn1c(COc2ccc(C)c(C)c2)nnc1SCc1ccc(F)cc1Cl. The zero-order valence-corrected chi connectivity index (χ0v) is 17.1. The number of aromatic nitrogens is 3. The molecule has 1 heterocycles. The Morgan fingerprint density at radius 2 is 1.93 bits per heavy atom. The fourth-order valence-electron chi connectivity index (χ4n) is 2.58. The Morgan fingerprint density at radius 1 is 1.11 bits per heavy atom. The summed E-state index contributed by atoms with van der Waals surface area (Å²) in [6, 6.07) is 10.5. The van der Waals surface area contributed by atoms with Crippen LogP contribution in [0.4, 0.5) is 4.39 Å². The normalized spacial score (nSPS) is 11.0. The molecule has 0 atom stereocenters. The van der Waals surface area contributed by atoms with Crippen LogP contribution in [-0.4, -0.2) is 14.8 Å². The zero-order chi connectivity index (χ0) is 19.4. The summed E-state index contributed by atoms with van der Waals surface area (Å²) in [6.07, 6.45) is 0. The van der Waals surface area contributed by atoms with Gasteiger partial charge in [-0.15, -0.1) is 10.2 Å². The molecular formula is C20H21ClFN3OS. The third-order valence-corrected chi connectivity index (χ3v) is 5.70. The highest BCUT2D eigenvalue weighted by Crippen LogP contribution is 2.27. The van der Waals surface area contributed by atoms with Gasteiger partial charge in [-0.05, 0) is 61.7 Å². The van der Waals surface area contributed by atoms with Gasteiger partial charge in [0.2, 0.25) is 0 Å². The second-order valence-electron chi connectivity index (χ2n) is 6.20. The van der Waals surface area contributed by atoms with E-state index < -0.39 is 0 Å². The first kappa shape index (κ1) is 19.7. The third-order valence-electron chi connectivity index (χ3n) is 4.33. The van der Waals surface area contributed by atoms with Gasteiger partial charge in [-0.2, -0.15) is 0 Å². The molecule has 1 aromatic heterocycles. The van der Waals surface area contributed by atoms with Crippen LogP contribution in [0.15, 0.2) is 41.6 Å². The van der Waals surface area contributed by atoms with Crippen molar-refractivity contribution in [3.8, 4) is 5.75 Å². The molecule has 0 fully saturated rings. The van der Waals surface area contributed by atoms with Gasteiger partial charge in [-0.1, -0.05) is 35.5 Å². The second kappa shape index (κ2) is 8.76. The number of thioether (sulfide) groups is 1. The Kier molecular flexibility index (Phi) is 6.39. The molecule has 0 saturated heterocycles. The molecule has 27 heavy (non-hydrogen) atoms. The molecule has 0 saturated carbocycles. The van der Waals surface area contributed by atoms with E-state index in [0.717, 1.165) is 28.8 Å². The summed E-state index contributed by atoms with van der Waals surface area (Å²) in [5, 5.41) is 9.75. The first-order chi connectivity index (χ1) is 13.0. The van der Waals surface area contributed by atoms with Crippen LogP contribution in [0.25, 0.3) is 0 Å². The third kappa shape index (κ3) is 4.82. The summed E-state index contributed by atoms with van der Waals surface area (Å²) in [7, 11) is 0. The molecule has 0 bridgehead atoms. The molecule has 142 valence electrons. The minimum absolute atomic E-state index is 0.337. The Balaban J connectivity index is 1.67. The standard InChI is InChI=1S/C20H21ClFN3OS/c1-4-25-19(11-26-17-8-5-13(2)14(3)9-17)23-24-20(25)27-12-15-6-7-16(22)10-18(15)21/h5-10H,4,11-12H2,1-3H3. The minimum Gasteiger partial charge on any atom is -0.486 e. The lowest BCUT2D eigenvalue weighted by Crippen LogP contribution is -2.07. The van der Waals surface area contributed by atoms with Crippen molar-refractivity contribution in [3.05, 3.63) is 69.8 Å². The number of rotatable bonds is 7. The van der Waals surface area contributed by atoms with Crippen molar-refractivity contribution in [2.75, 3.05) is 0 Å². The Bertz CT molecular complexity index is 945. The highest BCUT2D eigenvalue weighted by molar-refractivity contribution is 7.98. The van der Waals surface area contributed by atoms with Crippen LogP contribution in [-0.2, 0) is 18.9 Å². The van der Waals surface area contributed by atoms with Crippen LogP contribution in [0.5, 0.6) is 5.75 Å². The van der Waals surface area contributed by atoms with Gasteiger partial charge in [-0.3, -0.25) is 0 Å². The number of ether oxygens (including phenoxy) is 1. The van der Waals surface area contributed by atoms with Crippen LogP contribution >= 0.6 is 23.4 Å². The van der Waals surface area contributed by atoms with Crippen molar-refractivity contribution in [2.45, 2.75) is 44.8 Å². The molecule has 0 N–H and O–H groups in total. The van der Waals surface area contributed by atoms with E-state index in [0.29, 0.717) is 17.4 Å². The van der Waals surface area contributed by atoms with E-state index in [1.165, 1.54) is 35.0 Å². The highest BCUT2D eigenvalue weighted by atomic mass is 35.5. The van der Waals surface area contributed by atoms with Gasteiger partial charge in [0, 0.05) is 17.3 Å². The summed E-state index contributed by atoms with van der Waals surface area (Å²) >= 11 is 7.62. The largest absolute Gasteiger partial charge is 0.486 e. The van der Waals surface area contributed by atoms with Gasteiger partial charge in [0.1, 0.15) is 18.2 Å². The van der Waals surface area contributed by atoms with Crippen LogP contribution in [0, 0.1) is 19.7 Å². The maximum absolute atomic E-state index is 13.2. The van der Waals surface area contributed by atoms with Gasteiger partial charge in [-0.25, -0.2) is 4.39 Å². The summed E-state index contributed by atoms with van der Waals surface area (Å²) in [4.78, 5) is 0. The highest BCUT2D eigenvalue weighted by Gasteiger charge is 2.13. The predicted octanol–water partition coefficient (Wildman–Crippen LogP) is 5.58. The quantitative estimate of drug-likeness (QED) is 0.481. The lowest BCUT2D eigenvalue weighted by atomic mass is 10.1. The van der Waals surface area contributed by atoms with E-state index in [2.05, 4.69) is 24.0 Å². The van der Waals surface area contributed by atoms with Crippen molar-refractivity contribution in [1.82, 2.24) is 14.8 Å². The fraction of sp³-hybridized carbons (Fsp3) is 0.300. The topological polar surface area (TPSA) is 39.9 Å². The van der Waals surface area contributed by atoms with E-state index in [9.17, 15) is 4.39 Å². The van der Waals surface area contributed by atoms with Crippen LogP contribution in [0.2, 0.25) is 5.02 Å². The Labute approximate surface area is 167 Å². The summed E-state index contributed by atoms with van der Waals surface area (Å²) < 4.78 is 21.1. The first-order valence-electron chi connectivity index (χ1n) is 8.66. The number of benzene rings is 2. The maximum Gasteiger partial charge on any atom is 0.191 e. The monoisotopic (exact) mass is 405 g/mol. The fourth-order valence-corrected chi connectivity index (χ4v) is 3.92. The van der Waals surface area contributed by atoms with E-state index in [-0.39, 0.29) is 5.82 Å². The van der Waals surface area contributed by atoms with Gasteiger partial charge >= 0.3 is 0 Å². The molecule has 0 aliphatic carbocycles. The molecule has 4 nitrogen and oxygen atoms in total. The number of aryl methyl sites for hydroxylation is 2. The lowest BCUT2D eigenvalue weighted by molar-refractivity contribution is 0.288. The summed E-state index contributed by atoms with van der Waals surface area (Å²) in [5.74, 6) is 1.84. The van der Waals surface area contributed by atoms with Gasteiger partial charge in [0.25, 0.3) is 0 Å². The molecule has 3 rings (SSSR count). The van der Waals surface area contributed by atoms with Crippen molar-refractivity contribution in [1.29, 1.82) is 0 Å². The molecule has 0 aliphatic rings. The van der Waals surface area contributed by atoms with Gasteiger partial charge in [0.15, 0.2) is 11.0 Å². The van der Waals surface area contributed by atoms with Crippen molar-refractivity contribution in [2.24, 2.45) is 0 Å². The molecule has 7 heteroatoms. The molecule has 0 aliphatic heterocycles. The van der Waals surface area contributed by atoms with Crippen molar-refractivity contribution in [3.63, 3.8) is 0 Å². The number of nitrogens with zero attached hydrogens (tertiary/aromatic N) is 3. The molecule has 2 aromatic carbocycles. The van der Waals surface area contributed by atoms with Crippen LogP contribution in [0.1, 0.15) is 29.4 Å². The van der Waals surface area contributed by atoms with Crippen molar-refractivity contribution < 1.29 is 9.13 Å². The molecular weight excluding hydrogens is 385 g/mol. The second-order valence-corrected chi connectivity index (χ2v) is 7.55. The Hall–Kier alpha value is -2.05. The number of hydrogen-bond donors (Lipinski definition) is 0. The molecule has 0 radical (unpaired) electrons. The molecule has 0 amide bonds. The molecule has 3 aromatic rings. The lowest BCUT2D eigenvalue weighted by Gasteiger charge is -2.10. The van der Waals surface area contributed by atoms with E-state index in [1.54, 1.807) is 6.07 Å². The van der Waals surface area contributed by atoms with Gasteiger partial charge < -0.3 is 9.30 Å². The van der Waals surface area contributed by atoms with Gasteiger partial charge in [0.05, 0.1) is 0 Å². The predicted molar refractivity (Wildman–Crippen MR) is 107 cm³/mol. The van der Waals surface area contributed by atoms with Crippen LogP contribution in [0.3, 0.4) is 0 Å². The first-order valence-corrected chi connectivity index (χ1v) is 10.0. The zero-order valence-electron chi connectivity index (χ0n) is 15.5. The van der Waals surface area contributed by atoms with Crippen LogP contribution < -0.4 is 4.74 Å².